The van der Waals surface area contributed by atoms with Gasteiger partial charge in [-0.15, -0.1) is 10.2 Å². The lowest BCUT2D eigenvalue weighted by Gasteiger charge is -2.10. The van der Waals surface area contributed by atoms with Crippen molar-refractivity contribution in [1.82, 2.24) is 15.2 Å². The largest absolute Gasteiger partial charge is 0.497 e. The number of nitrogens with two attached hydrogens (primary N) is 1. The lowest BCUT2D eigenvalue weighted by molar-refractivity contribution is 0.414. The van der Waals surface area contributed by atoms with Gasteiger partial charge in [-0.3, -0.25) is 0 Å². The molecule has 0 bridgehead atoms. The average molecular weight is 322 g/mol. The average Bonchev–Trinajstić information content (AvgIpc) is 2.67. The Morgan fingerprint density at radius 1 is 0.750 bits per heavy atom. The van der Waals surface area contributed by atoms with Crippen molar-refractivity contribution in [2.45, 2.75) is 6.54 Å². The number of aromatic nitrogens is 3. The first-order valence-electron chi connectivity index (χ1n) is 7.47. The molecule has 0 aliphatic carbocycles. The quantitative estimate of drug-likeness (QED) is 0.777. The third kappa shape index (κ3) is 3.18. The van der Waals surface area contributed by atoms with Crippen LogP contribution in [0.1, 0.15) is 5.82 Å². The third-order valence-electron chi connectivity index (χ3n) is 3.64. The summed E-state index contributed by atoms with van der Waals surface area (Å²) in [7, 11) is 3.27. The van der Waals surface area contributed by atoms with Crippen LogP contribution in [0.15, 0.2) is 48.5 Å². The highest BCUT2D eigenvalue weighted by atomic mass is 16.5. The van der Waals surface area contributed by atoms with Gasteiger partial charge in [0.15, 0.2) is 5.82 Å². The van der Waals surface area contributed by atoms with Crippen LogP contribution in [-0.4, -0.2) is 29.4 Å². The molecular formula is C18H18N4O2. The van der Waals surface area contributed by atoms with Crippen molar-refractivity contribution < 1.29 is 9.47 Å². The number of rotatable bonds is 5. The smallest absolute Gasteiger partial charge is 0.165 e. The Kier molecular flexibility index (Phi) is 4.67. The molecule has 0 aliphatic heterocycles. The highest BCUT2D eigenvalue weighted by Gasteiger charge is 2.13. The highest BCUT2D eigenvalue weighted by Crippen LogP contribution is 2.30. The van der Waals surface area contributed by atoms with Crippen molar-refractivity contribution in [2.24, 2.45) is 5.73 Å². The van der Waals surface area contributed by atoms with E-state index in [1.807, 2.05) is 48.5 Å². The lowest BCUT2D eigenvalue weighted by atomic mass is 10.0. The summed E-state index contributed by atoms with van der Waals surface area (Å²) in [4.78, 5) is 4.57. The predicted molar refractivity (Wildman–Crippen MR) is 91.7 cm³/mol. The van der Waals surface area contributed by atoms with E-state index in [9.17, 15) is 0 Å². The minimum Gasteiger partial charge on any atom is -0.497 e. The number of hydrogen-bond acceptors (Lipinski definition) is 6. The van der Waals surface area contributed by atoms with Gasteiger partial charge in [-0.25, -0.2) is 4.98 Å². The van der Waals surface area contributed by atoms with Crippen molar-refractivity contribution in [2.75, 3.05) is 14.2 Å². The van der Waals surface area contributed by atoms with E-state index < -0.39 is 0 Å². The summed E-state index contributed by atoms with van der Waals surface area (Å²) in [6.45, 7) is 0.235. The van der Waals surface area contributed by atoms with Crippen LogP contribution in [0.5, 0.6) is 11.5 Å². The Bertz CT molecular complexity index is 817. The van der Waals surface area contributed by atoms with Gasteiger partial charge in [0.2, 0.25) is 0 Å². The van der Waals surface area contributed by atoms with Gasteiger partial charge in [-0.2, -0.15) is 0 Å². The number of ether oxygens (including phenoxy) is 2. The van der Waals surface area contributed by atoms with Crippen LogP contribution in [0.4, 0.5) is 0 Å². The fourth-order valence-corrected chi connectivity index (χ4v) is 2.34. The Morgan fingerprint density at radius 2 is 1.25 bits per heavy atom. The molecular weight excluding hydrogens is 304 g/mol. The SMILES string of the molecule is COc1ccc(-c2nnc(CN)nc2-c2ccc(OC)cc2)cc1. The van der Waals surface area contributed by atoms with Crippen LogP contribution in [0.3, 0.4) is 0 Å². The first-order chi connectivity index (χ1) is 11.7. The molecule has 1 heterocycles. The highest BCUT2D eigenvalue weighted by molar-refractivity contribution is 5.77. The summed E-state index contributed by atoms with van der Waals surface area (Å²) in [6.07, 6.45) is 0. The molecule has 2 aromatic carbocycles. The molecule has 0 atom stereocenters. The molecule has 24 heavy (non-hydrogen) atoms. The van der Waals surface area contributed by atoms with Crippen LogP contribution in [0, 0.1) is 0 Å². The van der Waals surface area contributed by atoms with Gasteiger partial charge in [0.1, 0.15) is 22.9 Å². The first-order valence-corrected chi connectivity index (χ1v) is 7.47. The molecule has 3 rings (SSSR count). The van der Waals surface area contributed by atoms with Gasteiger partial charge in [-0.1, -0.05) is 0 Å². The first kappa shape index (κ1) is 15.9. The van der Waals surface area contributed by atoms with Gasteiger partial charge in [0.05, 0.1) is 20.8 Å². The zero-order valence-corrected chi connectivity index (χ0v) is 13.6. The molecule has 3 aromatic rings. The summed E-state index contributed by atoms with van der Waals surface area (Å²) in [5.74, 6) is 2.06. The fraction of sp³-hybridized carbons (Fsp3) is 0.167. The number of methoxy groups -OCH3 is 2. The van der Waals surface area contributed by atoms with Crippen molar-refractivity contribution in [1.29, 1.82) is 0 Å². The van der Waals surface area contributed by atoms with E-state index in [0.29, 0.717) is 11.5 Å². The second kappa shape index (κ2) is 7.06. The minimum absolute atomic E-state index is 0.235. The molecule has 0 radical (unpaired) electrons. The second-order valence-electron chi connectivity index (χ2n) is 5.09. The Labute approximate surface area is 140 Å². The van der Waals surface area contributed by atoms with Crippen molar-refractivity contribution >= 4 is 0 Å². The third-order valence-corrected chi connectivity index (χ3v) is 3.64. The summed E-state index contributed by atoms with van der Waals surface area (Å²) in [6, 6.07) is 15.3. The second-order valence-corrected chi connectivity index (χ2v) is 5.09. The standard InChI is InChI=1S/C18H18N4O2/c1-23-14-7-3-12(4-8-14)17-18(22-21-16(11-19)20-17)13-5-9-15(24-2)10-6-13/h3-10H,11,19H2,1-2H3. The predicted octanol–water partition coefficient (Wildman–Crippen LogP) is 2.68. The maximum atomic E-state index is 5.67. The molecule has 0 saturated carbocycles. The maximum Gasteiger partial charge on any atom is 0.165 e. The molecule has 0 fully saturated rings. The van der Waals surface area contributed by atoms with Gasteiger partial charge >= 0.3 is 0 Å². The van der Waals surface area contributed by atoms with Gasteiger partial charge in [-0.05, 0) is 48.5 Å². The molecule has 6 heteroatoms. The molecule has 122 valence electrons. The molecule has 0 spiro atoms. The molecule has 0 saturated heterocycles. The molecule has 6 nitrogen and oxygen atoms in total. The summed E-state index contributed by atoms with van der Waals surface area (Å²) < 4.78 is 10.4. The molecule has 0 amide bonds. The topological polar surface area (TPSA) is 83.2 Å². The van der Waals surface area contributed by atoms with Gasteiger partial charge in [0, 0.05) is 11.1 Å². The minimum atomic E-state index is 0.235. The Hall–Kier alpha value is -2.99. The molecule has 0 aliphatic rings. The number of hydrogen-bond donors (Lipinski definition) is 1. The molecule has 1 aromatic heterocycles. The normalized spacial score (nSPS) is 10.5. The van der Waals surface area contributed by atoms with Gasteiger partial charge in [0.25, 0.3) is 0 Å². The number of nitrogens with zero attached hydrogens (tertiary/aromatic N) is 3. The van der Waals surface area contributed by atoms with E-state index in [0.717, 1.165) is 28.3 Å². The van der Waals surface area contributed by atoms with Crippen molar-refractivity contribution in [3.05, 3.63) is 54.4 Å². The van der Waals surface area contributed by atoms with Crippen LogP contribution in [0.2, 0.25) is 0 Å². The van der Waals surface area contributed by atoms with Gasteiger partial charge < -0.3 is 15.2 Å². The van der Waals surface area contributed by atoms with E-state index >= 15 is 0 Å². The zero-order chi connectivity index (χ0) is 16.9. The summed E-state index contributed by atoms with van der Waals surface area (Å²) in [5, 5.41) is 8.42. The number of benzene rings is 2. The summed E-state index contributed by atoms with van der Waals surface area (Å²) in [5.41, 5.74) is 8.93. The molecule has 0 unspecified atom stereocenters. The van der Waals surface area contributed by atoms with Crippen molar-refractivity contribution in [3.63, 3.8) is 0 Å². The van der Waals surface area contributed by atoms with E-state index in [1.54, 1.807) is 14.2 Å². The van der Waals surface area contributed by atoms with Crippen LogP contribution < -0.4 is 15.2 Å². The van der Waals surface area contributed by atoms with E-state index in [1.165, 1.54) is 0 Å². The Morgan fingerprint density at radius 3 is 1.71 bits per heavy atom. The van der Waals surface area contributed by atoms with E-state index in [2.05, 4.69) is 15.2 Å². The summed E-state index contributed by atoms with van der Waals surface area (Å²) >= 11 is 0. The van der Waals surface area contributed by atoms with E-state index in [4.69, 9.17) is 15.2 Å². The van der Waals surface area contributed by atoms with Crippen LogP contribution in [0.25, 0.3) is 22.5 Å². The zero-order valence-electron chi connectivity index (χ0n) is 13.6. The molecule has 2 N–H and O–H groups in total. The van der Waals surface area contributed by atoms with Crippen LogP contribution in [-0.2, 0) is 6.54 Å². The fourth-order valence-electron chi connectivity index (χ4n) is 2.34. The maximum absolute atomic E-state index is 5.67. The Balaban J connectivity index is 2.10. The monoisotopic (exact) mass is 322 g/mol. The van der Waals surface area contributed by atoms with Crippen molar-refractivity contribution in [3.8, 4) is 34.0 Å². The lowest BCUT2D eigenvalue weighted by Crippen LogP contribution is -2.07. The van der Waals surface area contributed by atoms with Crippen LogP contribution >= 0.6 is 0 Å². The van der Waals surface area contributed by atoms with E-state index in [-0.39, 0.29) is 6.54 Å².